The van der Waals surface area contributed by atoms with E-state index in [0.717, 1.165) is 19.4 Å². The number of halogens is 1. The fourth-order valence-electron chi connectivity index (χ4n) is 2.10. The zero-order valence-corrected chi connectivity index (χ0v) is 19.4. The number of thiophene rings is 2. The number of aryl methyl sites for hydroxylation is 1. The van der Waals surface area contributed by atoms with Crippen LogP contribution in [0.3, 0.4) is 0 Å². The van der Waals surface area contributed by atoms with E-state index < -0.39 is 0 Å². The second kappa shape index (κ2) is 12.3. The summed E-state index contributed by atoms with van der Waals surface area (Å²) in [4.78, 5) is 21.7. The van der Waals surface area contributed by atoms with E-state index in [0.29, 0.717) is 12.5 Å². The molecule has 0 radical (unpaired) electrons. The standard InChI is InChI=1S/C18H26N4OS2.HI/c1-4-14-7-8-16(25-14)12-20-18(21-13-17(23)22(2)3)19-10-9-15-6-5-11-24-15;/h5-8,11H,4,9-10,12-13H2,1-3H3,(H2,19,20,21);1H. The van der Waals surface area contributed by atoms with Crippen molar-refractivity contribution in [2.75, 3.05) is 27.2 Å². The summed E-state index contributed by atoms with van der Waals surface area (Å²) in [5.41, 5.74) is 0. The Hall–Kier alpha value is -1.13. The molecule has 2 N–H and O–H groups in total. The van der Waals surface area contributed by atoms with Crippen LogP contribution < -0.4 is 10.6 Å². The molecule has 0 saturated heterocycles. The summed E-state index contributed by atoms with van der Waals surface area (Å²) in [6.07, 6.45) is 2.00. The Balaban J connectivity index is 0.00000338. The highest BCUT2D eigenvalue weighted by Gasteiger charge is 2.06. The smallest absolute Gasteiger partial charge is 0.243 e. The van der Waals surface area contributed by atoms with Crippen LogP contribution in [-0.4, -0.2) is 44.0 Å². The van der Waals surface area contributed by atoms with Gasteiger partial charge in [0.2, 0.25) is 5.91 Å². The van der Waals surface area contributed by atoms with Gasteiger partial charge >= 0.3 is 0 Å². The topological polar surface area (TPSA) is 56.7 Å². The monoisotopic (exact) mass is 506 g/mol. The number of nitrogens with zero attached hydrogens (tertiary/aromatic N) is 2. The lowest BCUT2D eigenvalue weighted by atomic mass is 10.3. The molecule has 2 heterocycles. The van der Waals surface area contributed by atoms with Crippen molar-refractivity contribution in [3.63, 3.8) is 0 Å². The van der Waals surface area contributed by atoms with Crippen LogP contribution in [0, 0.1) is 0 Å². The third kappa shape index (κ3) is 8.05. The van der Waals surface area contributed by atoms with E-state index in [-0.39, 0.29) is 36.4 Å². The molecule has 5 nitrogen and oxygen atoms in total. The van der Waals surface area contributed by atoms with Crippen LogP contribution >= 0.6 is 46.7 Å². The number of aliphatic imine (C=N–C) groups is 1. The van der Waals surface area contributed by atoms with Gasteiger partial charge in [-0.25, -0.2) is 4.99 Å². The number of likely N-dealkylation sites (N-methyl/N-ethyl adjacent to an activating group) is 1. The van der Waals surface area contributed by atoms with Gasteiger partial charge in [0.1, 0.15) is 6.54 Å². The quantitative estimate of drug-likeness (QED) is 0.328. The summed E-state index contributed by atoms with van der Waals surface area (Å²) in [5.74, 6) is 0.668. The summed E-state index contributed by atoms with van der Waals surface area (Å²) in [7, 11) is 3.49. The van der Waals surface area contributed by atoms with Crippen LogP contribution in [0.25, 0.3) is 0 Å². The maximum Gasteiger partial charge on any atom is 0.243 e. The van der Waals surface area contributed by atoms with E-state index in [4.69, 9.17) is 0 Å². The van der Waals surface area contributed by atoms with Gasteiger partial charge in [-0.05, 0) is 36.4 Å². The number of carbonyl (C=O) groups is 1. The van der Waals surface area contributed by atoms with Crippen molar-refractivity contribution in [3.8, 4) is 0 Å². The van der Waals surface area contributed by atoms with Crippen molar-refractivity contribution >= 4 is 58.5 Å². The second-order valence-electron chi connectivity index (χ2n) is 5.78. The van der Waals surface area contributed by atoms with Crippen molar-refractivity contribution in [2.45, 2.75) is 26.3 Å². The van der Waals surface area contributed by atoms with Crippen LogP contribution in [0.5, 0.6) is 0 Å². The molecule has 2 aromatic rings. The van der Waals surface area contributed by atoms with Crippen molar-refractivity contribution in [3.05, 3.63) is 44.3 Å². The molecule has 1 amide bonds. The van der Waals surface area contributed by atoms with E-state index in [1.807, 2.05) is 11.3 Å². The van der Waals surface area contributed by atoms with Gasteiger partial charge in [0.15, 0.2) is 5.96 Å². The van der Waals surface area contributed by atoms with Crippen LogP contribution in [0.1, 0.15) is 21.6 Å². The maximum atomic E-state index is 11.8. The van der Waals surface area contributed by atoms with Gasteiger partial charge in [-0.1, -0.05) is 13.0 Å². The van der Waals surface area contributed by atoms with Crippen molar-refractivity contribution in [1.29, 1.82) is 0 Å². The molecule has 0 bridgehead atoms. The van der Waals surface area contributed by atoms with E-state index in [9.17, 15) is 4.79 Å². The predicted octanol–water partition coefficient (Wildman–Crippen LogP) is 3.36. The molecule has 0 aliphatic heterocycles. The molecule has 0 aliphatic carbocycles. The van der Waals surface area contributed by atoms with Crippen molar-refractivity contribution < 1.29 is 4.79 Å². The van der Waals surface area contributed by atoms with Crippen molar-refractivity contribution in [1.82, 2.24) is 15.5 Å². The molecule has 2 rings (SSSR count). The number of nitrogens with one attached hydrogen (secondary N) is 2. The Labute approximate surface area is 180 Å². The largest absolute Gasteiger partial charge is 0.356 e. The molecule has 0 fully saturated rings. The highest BCUT2D eigenvalue weighted by molar-refractivity contribution is 14.0. The van der Waals surface area contributed by atoms with Crippen molar-refractivity contribution in [2.24, 2.45) is 4.99 Å². The molecular formula is C18H27IN4OS2. The van der Waals surface area contributed by atoms with E-state index in [2.05, 4.69) is 52.2 Å². The molecule has 0 atom stereocenters. The molecule has 8 heteroatoms. The van der Waals surface area contributed by atoms with Crippen LogP contribution in [0.15, 0.2) is 34.6 Å². The second-order valence-corrected chi connectivity index (χ2v) is 8.07. The number of amides is 1. The average molecular weight is 506 g/mol. The molecule has 2 aromatic heterocycles. The van der Waals surface area contributed by atoms with Crippen LogP contribution in [0.4, 0.5) is 0 Å². The number of carbonyl (C=O) groups excluding carboxylic acids is 1. The highest BCUT2D eigenvalue weighted by atomic mass is 127. The molecule has 0 saturated carbocycles. The number of hydrogen-bond acceptors (Lipinski definition) is 4. The van der Waals surface area contributed by atoms with Gasteiger partial charge in [-0.15, -0.1) is 46.7 Å². The predicted molar refractivity (Wildman–Crippen MR) is 123 cm³/mol. The van der Waals surface area contributed by atoms with E-state index in [1.165, 1.54) is 14.6 Å². The normalized spacial score (nSPS) is 11.0. The molecule has 0 unspecified atom stereocenters. The zero-order chi connectivity index (χ0) is 18.1. The number of guanidine groups is 1. The molecule has 0 aromatic carbocycles. The SMILES string of the molecule is CCc1ccc(CNC(=NCC(=O)N(C)C)NCCc2cccs2)s1.I. The van der Waals surface area contributed by atoms with Gasteiger partial charge in [-0.2, -0.15) is 0 Å². The third-order valence-corrected chi connectivity index (χ3v) is 5.78. The fraction of sp³-hybridized carbons (Fsp3) is 0.444. The summed E-state index contributed by atoms with van der Waals surface area (Å²) in [6, 6.07) is 8.50. The maximum absolute atomic E-state index is 11.8. The highest BCUT2D eigenvalue weighted by Crippen LogP contribution is 2.16. The van der Waals surface area contributed by atoms with Gasteiger partial charge in [0.05, 0.1) is 6.54 Å². The lowest BCUT2D eigenvalue weighted by Crippen LogP contribution is -2.39. The Morgan fingerprint density at radius 1 is 1.15 bits per heavy atom. The summed E-state index contributed by atoms with van der Waals surface area (Å²) < 4.78 is 0. The van der Waals surface area contributed by atoms with E-state index >= 15 is 0 Å². The minimum Gasteiger partial charge on any atom is -0.356 e. The molecule has 0 spiro atoms. The Bertz CT molecular complexity index is 683. The molecule has 26 heavy (non-hydrogen) atoms. The Morgan fingerprint density at radius 3 is 2.54 bits per heavy atom. The first-order valence-corrected chi connectivity index (χ1v) is 10.1. The van der Waals surface area contributed by atoms with Gasteiger partial charge in [0.25, 0.3) is 0 Å². The minimum absolute atomic E-state index is 0. The fourth-order valence-corrected chi connectivity index (χ4v) is 3.71. The van der Waals surface area contributed by atoms with Gasteiger partial charge < -0.3 is 15.5 Å². The Kier molecular flexibility index (Phi) is 10.8. The number of hydrogen-bond donors (Lipinski definition) is 2. The Morgan fingerprint density at radius 2 is 1.92 bits per heavy atom. The number of rotatable bonds is 8. The summed E-state index contributed by atoms with van der Waals surface area (Å²) in [6.45, 7) is 3.81. The van der Waals surface area contributed by atoms with E-state index in [1.54, 1.807) is 30.3 Å². The third-order valence-electron chi connectivity index (χ3n) is 3.61. The lowest BCUT2D eigenvalue weighted by Gasteiger charge is -2.13. The van der Waals surface area contributed by atoms with Gasteiger partial charge in [0, 0.05) is 35.3 Å². The zero-order valence-electron chi connectivity index (χ0n) is 15.4. The van der Waals surface area contributed by atoms with Crippen LogP contribution in [0.2, 0.25) is 0 Å². The lowest BCUT2D eigenvalue weighted by molar-refractivity contribution is -0.127. The average Bonchev–Trinajstić information content (AvgIpc) is 3.27. The first kappa shape index (κ1) is 22.9. The van der Waals surface area contributed by atoms with Gasteiger partial charge in [-0.3, -0.25) is 4.79 Å². The minimum atomic E-state index is -0.0104. The first-order valence-electron chi connectivity index (χ1n) is 8.40. The first-order chi connectivity index (χ1) is 12.1. The van der Waals surface area contributed by atoms with Crippen LogP contribution in [-0.2, 0) is 24.2 Å². The molecular weight excluding hydrogens is 479 g/mol. The molecule has 144 valence electrons. The molecule has 0 aliphatic rings. The summed E-state index contributed by atoms with van der Waals surface area (Å²) >= 11 is 3.56. The summed E-state index contributed by atoms with van der Waals surface area (Å²) in [5, 5.41) is 8.74.